The van der Waals surface area contributed by atoms with Crippen LogP contribution < -0.4 is 5.73 Å². The van der Waals surface area contributed by atoms with Crippen molar-refractivity contribution < 1.29 is 0 Å². The van der Waals surface area contributed by atoms with Gasteiger partial charge in [0.15, 0.2) is 0 Å². The Hall–Kier alpha value is -1.68. The Labute approximate surface area is 95.1 Å². The summed E-state index contributed by atoms with van der Waals surface area (Å²) in [6.07, 6.45) is 2.64. The van der Waals surface area contributed by atoms with Crippen LogP contribution in [0.1, 0.15) is 18.2 Å². The third-order valence-electron chi connectivity index (χ3n) is 2.33. The van der Waals surface area contributed by atoms with Crippen LogP contribution in [0, 0.1) is 6.92 Å². The van der Waals surface area contributed by atoms with Crippen molar-refractivity contribution in [2.75, 3.05) is 0 Å². The van der Waals surface area contributed by atoms with Gasteiger partial charge in [-0.25, -0.2) is 0 Å². The average molecular weight is 216 g/mol. The van der Waals surface area contributed by atoms with Gasteiger partial charge in [-0.15, -0.1) is 0 Å². The van der Waals surface area contributed by atoms with Crippen molar-refractivity contribution in [3.63, 3.8) is 0 Å². The molecule has 84 valence electrons. The number of aromatic nitrogens is 3. The van der Waals surface area contributed by atoms with Crippen LogP contribution in [0.25, 0.3) is 5.69 Å². The standard InChI is InChI=1S/C12H16N4/c1-9(13)7-11-3-5-12(6-4-11)16-14-8-10(2)15-16/h3-6,8-9H,7,13H2,1-2H3. The molecule has 2 aromatic rings. The van der Waals surface area contributed by atoms with E-state index in [1.807, 2.05) is 26.0 Å². The van der Waals surface area contributed by atoms with E-state index in [1.54, 1.807) is 11.0 Å². The maximum Gasteiger partial charge on any atom is 0.0856 e. The van der Waals surface area contributed by atoms with Crippen LogP contribution in [-0.2, 0) is 6.42 Å². The molecule has 0 amide bonds. The lowest BCUT2D eigenvalue weighted by Crippen LogP contribution is -2.17. The fourth-order valence-corrected chi connectivity index (χ4v) is 1.60. The second kappa shape index (κ2) is 4.45. The van der Waals surface area contributed by atoms with Gasteiger partial charge in [0.1, 0.15) is 0 Å². The highest BCUT2D eigenvalue weighted by atomic mass is 15.5. The van der Waals surface area contributed by atoms with Crippen molar-refractivity contribution in [2.45, 2.75) is 26.3 Å². The monoisotopic (exact) mass is 216 g/mol. The lowest BCUT2D eigenvalue weighted by Gasteiger charge is -2.05. The van der Waals surface area contributed by atoms with E-state index in [2.05, 4.69) is 22.3 Å². The molecule has 4 nitrogen and oxygen atoms in total. The molecule has 0 aliphatic rings. The molecule has 0 radical (unpaired) electrons. The Balaban J connectivity index is 2.19. The third kappa shape index (κ3) is 2.46. The highest BCUT2D eigenvalue weighted by Gasteiger charge is 2.01. The minimum absolute atomic E-state index is 0.191. The summed E-state index contributed by atoms with van der Waals surface area (Å²) >= 11 is 0. The van der Waals surface area contributed by atoms with Gasteiger partial charge in [0.2, 0.25) is 0 Å². The van der Waals surface area contributed by atoms with E-state index in [4.69, 9.17) is 5.73 Å². The van der Waals surface area contributed by atoms with Gasteiger partial charge >= 0.3 is 0 Å². The van der Waals surface area contributed by atoms with Crippen LogP contribution in [0.4, 0.5) is 0 Å². The first-order chi connectivity index (χ1) is 7.65. The molecular weight excluding hydrogens is 200 g/mol. The molecule has 16 heavy (non-hydrogen) atoms. The summed E-state index contributed by atoms with van der Waals surface area (Å²) in [6.45, 7) is 3.93. The smallest absolute Gasteiger partial charge is 0.0856 e. The van der Waals surface area contributed by atoms with Crippen LogP contribution in [0.15, 0.2) is 30.5 Å². The van der Waals surface area contributed by atoms with E-state index in [0.29, 0.717) is 0 Å². The van der Waals surface area contributed by atoms with Crippen molar-refractivity contribution in [1.82, 2.24) is 15.0 Å². The summed E-state index contributed by atoms with van der Waals surface area (Å²) < 4.78 is 0. The molecule has 0 saturated carbocycles. The molecule has 1 aromatic carbocycles. The lowest BCUT2D eigenvalue weighted by atomic mass is 10.1. The normalized spacial score (nSPS) is 12.7. The molecule has 2 N–H and O–H groups in total. The number of aryl methyl sites for hydroxylation is 1. The molecule has 0 saturated heterocycles. The summed E-state index contributed by atoms with van der Waals surface area (Å²) in [7, 11) is 0. The van der Waals surface area contributed by atoms with Crippen LogP contribution >= 0.6 is 0 Å². The van der Waals surface area contributed by atoms with Gasteiger partial charge in [0.05, 0.1) is 17.6 Å². The molecule has 1 unspecified atom stereocenters. The molecule has 1 heterocycles. The molecule has 0 bridgehead atoms. The van der Waals surface area contributed by atoms with Crippen molar-refractivity contribution >= 4 is 0 Å². The fraction of sp³-hybridized carbons (Fsp3) is 0.333. The van der Waals surface area contributed by atoms with Gasteiger partial charge in [-0.2, -0.15) is 15.0 Å². The molecular formula is C12H16N4. The van der Waals surface area contributed by atoms with Crippen molar-refractivity contribution in [3.05, 3.63) is 41.7 Å². The van der Waals surface area contributed by atoms with Gasteiger partial charge in [0.25, 0.3) is 0 Å². The summed E-state index contributed by atoms with van der Waals surface area (Å²) in [5.41, 5.74) is 8.88. The SMILES string of the molecule is Cc1cnn(-c2ccc(CC(C)N)cc2)n1. The molecule has 0 fully saturated rings. The van der Waals surface area contributed by atoms with E-state index in [0.717, 1.165) is 17.8 Å². The number of rotatable bonds is 3. The van der Waals surface area contributed by atoms with Crippen molar-refractivity contribution in [2.24, 2.45) is 5.73 Å². The Bertz CT molecular complexity index is 456. The quantitative estimate of drug-likeness (QED) is 0.845. The lowest BCUT2D eigenvalue weighted by molar-refractivity contribution is 0.731. The predicted octanol–water partition coefficient (Wildman–Crippen LogP) is 1.47. The molecule has 0 aliphatic carbocycles. The van der Waals surface area contributed by atoms with Gasteiger partial charge in [-0.3, -0.25) is 0 Å². The Morgan fingerprint density at radius 1 is 1.31 bits per heavy atom. The van der Waals surface area contributed by atoms with E-state index < -0.39 is 0 Å². The van der Waals surface area contributed by atoms with Crippen molar-refractivity contribution in [3.8, 4) is 5.69 Å². The Morgan fingerprint density at radius 2 is 2.00 bits per heavy atom. The Kier molecular flexibility index (Phi) is 3.01. The summed E-state index contributed by atoms with van der Waals surface area (Å²) in [5, 5.41) is 8.41. The predicted molar refractivity (Wildman–Crippen MR) is 63.4 cm³/mol. The van der Waals surface area contributed by atoms with Crippen LogP contribution in [-0.4, -0.2) is 21.0 Å². The number of nitrogens with two attached hydrogens (primary N) is 1. The minimum atomic E-state index is 0.191. The molecule has 2 rings (SSSR count). The van der Waals surface area contributed by atoms with Gasteiger partial charge in [-0.1, -0.05) is 12.1 Å². The summed E-state index contributed by atoms with van der Waals surface area (Å²) in [5.74, 6) is 0. The number of hydrogen-bond donors (Lipinski definition) is 1. The van der Waals surface area contributed by atoms with Crippen molar-refractivity contribution in [1.29, 1.82) is 0 Å². The molecule has 0 spiro atoms. The maximum absolute atomic E-state index is 5.75. The molecule has 1 atom stereocenters. The number of hydrogen-bond acceptors (Lipinski definition) is 3. The van der Waals surface area contributed by atoms with E-state index in [9.17, 15) is 0 Å². The summed E-state index contributed by atoms with van der Waals surface area (Å²) in [6, 6.07) is 8.35. The second-order valence-electron chi connectivity index (χ2n) is 4.12. The Morgan fingerprint density at radius 3 is 2.50 bits per heavy atom. The first-order valence-electron chi connectivity index (χ1n) is 5.39. The molecule has 0 aliphatic heterocycles. The molecule has 4 heteroatoms. The van der Waals surface area contributed by atoms with Gasteiger partial charge < -0.3 is 5.73 Å². The fourth-order valence-electron chi connectivity index (χ4n) is 1.60. The highest BCUT2D eigenvalue weighted by Crippen LogP contribution is 2.09. The van der Waals surface area contributed by atoms with E-state index in [1.165, 1.54) is 5.56 Å². The first kappa shape index (κ1) is 10.8. The van der Waals surface area contributed by atoms with E-state index >= 15 is 0 Å². The second-order valence-corrected chi connectivity index (χ2v) is 4.12. The van der Waals surface area contributed by atoms with Crippen LogP contribution in [0.5, 0.6) is 0 Å². The number of benzene rings is 1. The highest BCUT2D eigenvalue weighted by molar-refractivity contribution is 5.33. The minimum Gasteiger partial charge on any atom is -0.328 e. The average Bonchev–Trinajstić information content (AvgIpc) is 2.65. The zero-order chi connectivity index (χ0) is 11.5. The van der Waals surface area contributed by atoms with Crippen LogP contribution in [0.3, 0.4) is 0 Å². The van der Waals surface area contributed by atoms with E-state index in [-0.39, 0.29) is 6.04 Å². The topological polar surface area (TPSA) is 56.7 Å². The maximum atomic E-state index is 5.75. The zero-order valence-electron chi connectivity index (χ0n) is 9.59. The number of nitrogens with zero attached hydrogens (tertiary/aromatic N) is 3. The third-order valence-corrected chi connectivity index (χ3v) is 2.33. The zero-order valence-corrected chi connectivity index (χ0v) is 9.59. The largest absolute Gasteiger partial charge is 0.328 e. The van der Waals surface area contributed by atoms with Gasteiger partial charge in [-0.05, 0) is 38.0 Å². The molecule has 1 aromatic heterocycles. The first-order valence-corrected chi connectivity index (χ1v) is 5.39. The van der Waals surface area contributed by atoms with Crippen LogP contribution in [0.2, 0.25) is 0 Å². The summed E-state index contributed by atoms with van der Waals surface area (Å²) in [4.78, 5) is 1.63. The van der Waals surface area contributed by atoms with Gasteiger partial charge in [0, 0.05) is 6.04 Å².